The minimum absolute atomic E-state index is 0.0258. The van der Waals surface area contributed by atoms with Gasteiger partial charge in [0.15, 0.2) is 0 Å². The van der Waals surface area contributed by atoms with Crippen LogP contribution in [0.3, 0.4) is 0 Å². The van der Waals surface area contributed by atoms with Gasteiger partial charge >= 0.3 is 6.18 Å². The van der Waals surface area contributed by atoms with Crippen LogP contribution in [0.5, 0.6) is 0 Å². The van der Waals surface area contributed by atoms with Crippen LogP contribution in [0.25, 0.3) is 0 Å². The van der Waals surface area contributed by atoms with Gasteiger partial charge in [-0.15, -0.1) is 0 Å². The van der Waals surface area contributed by atoms with Crippen LogP contribution >= 0.6 is 0 Å². The summed E-state index contributed by atoms with van der Waals surface area (Å²) in [6, 6.07) is 19.3. The molecule has 30 heavy (non-hydrogen) atoms. The molecule has 3 aromatic rings. The Kier molecular flexibility index (Phi) is 5.03. The van der Waals surface area contributed by atoms with E-state index >= 15 is 0 Å². The Morgan fingerprint density at radius 2 is 1.60 bits per heavy atom. The number of alkyl halides is 3. The second kappa shape index (κ2) is 7.67. The standard InChI is InChI=1S/C23H17F3N2O2/c24-23(25,26)17-10-6-11-18(14-17)27-21(29)20-13-16-9-4-5-12-19(16)28(20)22(30)15-7-2-1-3-8-15/h1-12,14,20H,13H2,(H,27,29)/t20-/m1/s1. The summed E-state index contributed by atoms with van der Waals surface area (Å²) in [5.74, 6) is -0.889. The fraction of sp³-hybridized carbons (Fsp3) is 0.130. The third-order valence-electron chi connectivity index (χ3n) is 4.98. The number of hydrogen-bond acceptors (Lipinski definition) is 2. The molecule has 0 aliphatic carbocycles. The van der Waals surface area contributed by atoms with Crippen molar-refractivity contribution in [2.45, 2.75) is 18.6 Å². The minimum atomic E-state index is -4.51. The summed E-state index contributed by atoms with van der Waals surface area (Å²) >= 11 is 0. The van der Waals surface area contributed by atoms with Gasteiger partial charge < -0.3 is 5.32 Å². The minimum Gasteiger partial charge on any atom is -0.324 e. The van der Waals surface area contributed by atoms with Crippen molar-refractivity contribution in [2.75, 3.05) is 10.2 Å². The van der Waals surface area contributed by atoms with Crippen LogP contribution < -0.4 is 10.2 Å². The molecule has 0 saturated carbocycles. The fourth-order valence-corrected chi connectivity index (χ4v) is 3.57. The molecule has 2 amide bonds. The first-order valence-electron chi connectivity index (χ1n) is 9.29. The lowest BCUT2D eigenvalue weighted by Gasteiger charge is -2.25. The van der Waals surface area contributed by atoms with E-state index in [9.17, 15) is 22.8 Å². The number of amides is 2. The predicted molar refractivity (Wildman–Crippen MR) is 107 cm³/mol. The molecule has 7 heteroatoms. The topological polar surface area (TPSA) is 49.4 Å². The summed E-state index contributed by atoms with van der Waals surface area (Å²) in [4.78, 5) is 27.6. The van der Waals surface area contributed by atoms with Crippen molar-refractivity contribution in [3.05, 3.63) is 95.6 Å². The van der Waals surface area contributed by atoms with Gasteiger partial charge in [0.25, 0.3) is 5.91 Å². The zero-order valence-corrected chi connectivity index (χ0v) is 15.7. The molecule has 1 atom stereocenters. The smallest absolute Gasteiger partial charge is 0.324 e. The Morgan fingerprint density at radius 1 is 0.900 bits per heavy atom. The van der Waals surface area contributed by atoms with Gasteiger partial charge in [-0.05, 0) is 42.0 Å². The van der Waals surface area contributed by atoms with Crippen molar-refractivity contribution in [3.8, 4) is 0 Å². The average molecular weight is 410 g/mol. The van der Waals surface area contributed by atoms with Gasteiger partial charge in [0.2, 0.25) is 5.91 Å². The quantitative estimate of drug-likeness (QED) is 0.667. The van der Waals surface area contributed by atoms with E-state index in [1.807, 2.05) is 12.1 Å². The van der Waals surface area contributed by atoms with Gasteiger partial charge in [-0.25, -0.2) is 0 Å². The second-order valence-corrected chi connectivity index (χ2v) is 6.96. The Hall–Kier alpha value is -3.61. The zero-order valence-electron chi connectivity index (χ0n) is 15.7. The summed E-state index contributed by atoms with van der Waals surface area (Å²) in [6.07, 6.45) is -4.24. The molecule has 0 spiro atoms. The van der Waals surface area contributed by atoms with Crippen molar-refractivity contribution in [2.24, 2.45) is 0 Å². The van der Waals surface area contributed by atoms with Crippen LogP contribution in [0.2, 0.25) is 0 Å². The molecule has 1 aliphatic rings. The number of benzene rings is 3. The number of carbonyl (C=O) groups is 2. The normalized spacial score (nSPS) is 15.6. The molecule has 0 bridgehead atoms. The third-order valence-corrected chi connectivity index (χ3v) is 4.98. The highest BCUT2D eigenvalue weighted by Crippen LogP contribution is 2.35. The number of nitrogens with one attached hydrogen (secondary N) is 1. The Bertz CT molecular complexity index is 1100. The summed E-state index contributed by atoms with van der Waals surface area (Å²) < 4.78 is 38.9. The lowest BCUT2D eigenvalue weighted by atomic mass is 10.1. The van der Waals surface area contributed by atoms with Gasteiger partial charge in [0.05, 0.1) is 5.56 Å². The maximum Gasteiger partial charge on any atom is 0.416 e. The van der Waals surface area contributed by atoms with Gasteiger partial charge in [-0.2, -0.15) is 13.2 Å². The number of hydrogen-bond donors (Lipinski definition) is 1. The Balaban J connectivity index is 1.64. The molecule has 0 saturated heterocycles. The first kappa shape index (κ1) is 19.7. The first-order chi connectivity index (χ1) is 14.3. The fourth-order valence-electron chi connectivity index (χ4n) is 3.57. The highest BCUT2D eigenvalue weighted by molar-refractivity contribution is 6.13. The summed E-state index contributed by atoms with van der Waals surface area (Å²) in [5.41, 5.74) is 1.04. The van der Waals surface area contributed by atoms with E-state index in [1.54, 1.807) is 42.5 Å². The maximum absolute atomic E-state index is 13.2. The zero-order chi connectivity index (χ0) is 21.3. The third kappa shape index (κ3) is 3.78. The van der Waals surface area contributed by atoms with E-state index in [0.29, 0.717) is 11.3 Å². The molecule has 0 fully saturated rings. The van der Waals surface area contributed by atoms with Crippen LogP contribution in [0.1, 0.15) is 21.5 Å². The number of fused-ring (bicyclic) bond motifs is 1. The molecule has 152 valence electrons. The number of rotatable bonds is 3. The second-order valence-electron chi connectivity index (χ2n) is 6.96. The monoisotopic (exact) mass is 410 g/mol. The SMILES string of the molecule is O=C(Nc1cccc(C(F)(F)F)c1)[C@H]1Cc2ccccc2N1C(=O)c1ccccc1. The molecule has 4 rings (SSSR count). The average Bonchev–Trinajstić information content (AvgIpc) is 3.13. The van der Waals surface area contributed by atoms with Crippen molar-refractivity contribution >= 4 is 23.2 Å². The van der Waals surface area contributed by atoms with Crippen molar-refractivity contribution in [1.82, 2.24) is 0 Å². The van der Waals surface area contributed by atoms with Crippen LogP contribution in [0, 0.1) is 0 Å². The molecular weight excluding hydrogens is 393 g/mol. The van der Waals surface area contributed by atoms with E-state index in [2.05, 4.69) is 5.32 Å². The summed E-state index contributed by atoms with van der Waals surface area (Å²) in [6.45, 7) is 0. The van der Waals surface area contributed by atoms with Crippen LogP contribution in [0.4, 0.5) is 24.5 Å². The summed E-state index contributed by atoms with van der Waals surface area (Å²) in [5, 5.41) is 2.53. The summed E-state index contributed by atoms with van der Waals surface area (Å²) in [7, 11) is 0. The first-order valence-corrected chi connectivity index (χ1v) is 9.29. The van der Waals surface area contributed by atoms with E-state index in [0.717, 1.165) is 17.7 Å². The van der Waals surface area contributed by atoms with E-state index in [4.69, 9.17) is 0 Å². The number of nitrogens with zero attached hydrogens (tertiary/aromatic N) is 1. The molecule has 0 aromatic heterocycles. The van der Waals surface area contributed by atoms with Crippen molar-refractivity contribution < 1.29 is 22.8 Å². The van der Waals surface area contributed by atoms with Gasteiger partial charge in [0.1, 0.15) is 6.04 Å². The van der Waals surface area contributed by atoms with Gasteiger partial charge in [0, 0.05) is 23.4 Å². The van der Waals surface area contributed by atoms with Crippen molar-refractivity contribution in [1.29, 1.82) is 0 Å². The lowest BCUT2D eigenvalue weighted by molar-refractivity contribution is -0.137. The van der Waals surface area contributed by atoms with Crippen LogP contribution in [0.15, 0.2) is 78.9 Å². The molecule has 1 aliphatic heterocycles. The van der Waals surface area contributed by atoms with E-state index in [1.165, 1.54) is 17.0 Å². The van der Waals surface area contributed by atoms with Crippen LogP contribution in [-0.4, -0.2) is 17.9 Å². The molecule has 0 unspecified atom stereocenters. The highest BCUT2D eigenvalue weighted by Gasteiger charge is 2.39. The Morgan fingerprint density at radius 3 is 2.33 bits per heavy atom. The molecule has 3 aromatic carbocycles. The lowest BCUT2D eigenvalue weighted by Crippen LogP contribution is -2.45. The largest absolute Gasteiger partial charge is 0.416 e. The molecule has 1 heterocycles. The number of carbonyl (C=O) groups excluding carboxylic acids is 2. The van der Waals surface area contributed by atoms with Gasteiger partial charge in [-0.1, -0.05) is 42.5 Å². The van der Waals surface area contributed by atoms with Crippen LogP contribution in [-0.2, 0) is 17.4 Å². The predicted octanol–water partition coefficient (Wildman–Crippen LogP) is 4.92. The van der Waals surface area contributed by atoms with E-state index in [-0.39, 0.29) is 18.0 Å². The number of para-hydroxylation sites is 1. The van der Waals surface area contributed by atoms with Gasteiger partial charge in [-0.3, -0.25) is 14.5 Å². The molecular formula is C23H17F3N2O2. The number of halogens is 3. The highest BCUT2D eigenvalue weighted by atomic mass is 19.4. The van der Waals surface area contributed by atoms with E-state index < -0.39 is 23.7 Å². The number of anilines is 2. The van der Waals surface area contributed by atoms with Crippen molar-refractivity contribution in [3.63, 3.8) is 0 Å². The maximum atomic E-state index is 13.2. The molecule has 4 nitrogen and oxygen atoms in total. The molecule has 1 N–H and O–H groups in total. The Labute approximate surface area is 170 Å². The molecule has 0 radical (unpaired) electrons.